The fourth-order valence-corrected chi connectivity index (χ4v) is 10.1. The zero-order valence-electron chi connectivity index (χ0n) is 45.8. The Morgan fingerprint density at radius 2 is 1.45 bits per heavy atom. The monoisotopic (exact) mass is 1050 g/mol. The molecule has 3 saturated heterocycles. The van der Waals surface area contributed by atoms with Crippen LogP contribution < -0.4 is 21.7 Å². The number of aromatic amines is 2. The Kier molecular flexibility index (Phi) is 22.9. The van der Waals surface area contributed by atoms with Gasteiger partial charge in [-0.2, -0.15) is 0 Å². The van der Waals surface area contributed by atoms with Gasteiger partial charge in [0.25, 0.3) is 0 Å². The third kappa shape index (κ3) is 15.9. The second-order valence-corrected chi connectivity index (χ2v) is 19.7. The van der Waals surface area contributed by atoms with Gasteiger partial charge < -0.3 is 56.0 Å². The van der Waals surface area contributed by atoms with Crippen molar-refractivity contribution in [3.63, 3.8) is 0 Å². The summed E-state index contributed by atoms with van der Waals surface area (Å²) in [4.78, 5) is 101. The standard InChI is InChI=1S/C40H54N8O6.C13H10N2.C5H11N.CH5N/c1-5-34(50)42-28(25-49)23-46(6-2)35(51)17-10-11-18-36(52)47-22-21-29-19-20-33(48(29)40(54)32(24-47)44-39(53)26(3)41-4)38-43-31-16-12-15-30(37(31)45-38)27-13-8-7-9-14-27;1-2-5-10(6-3-1)11-7-4-8-12-13(11)15-9-14-12;1-6-4-2-3-5-6;1-2/h7-9,12-16,25-26,28-29,32-33,41H,5-6,10-11,17-24H2,1-4H3,(H,42,50)(H,43,45)(H,44,53);1-9H,(H,14,15);2-5H2,1H3;2H2,1H3/t26?,28-,29?,32?,33?;;;/m0.../s1. The van der Waals surface area contributed by atoms with E-state index >= 15 is 0 Å². The maximum atomic E-state index is 14.5. The summed E-state index contributed by atoms with van der Waals surface area (Å²) in [7, 11) is 5.35. The predicted octanol–water partition coefficient (Wildman–Crippen LogP) is 6.61. The average molecular weight is 1050 g/mol. The fraction of sp³-hybridized carbons (Fsp3) is 0.458. The quantitative estimate of drug-likeness (QED) is 0.0420. The van der Waals surface area contributed by atoms with Crippen LogP contribution in [0, 0.1) is 0 Å². The van der Waals surface area contributed by atoms with E-state index in [2.05, 4.69) is 66.8 Å². The minimum absolute atomic E-state index is 0.0349. The minimum Gasteiger partial charge on any atom is -0.345 e. The molecule has 7 N–H and O–H groups in total. The number of rotatable bonds is 17. The molecule has 4 aromatic carbocycles. The van der Waals surface area contributed by atoms with E-state index in [1.165, 1.54) is 49.0 Å². The fourth-order valence-electron chi connectivity index (χ4n) is 10.1. The first-order chi connectivity index (χ1) is 37.4. The van der Waals surface area contributed by atoms with Gasteiger partial charge in [-0.3, -0.25) is 24.0 Å². The van der Waals surface area contributed by atoms with Crippen LogP contribution in [0.2, 0.25) is 0 Å². The third-order valence-corrected chi connectivity index (χ3v) is 14.5. The lowest BCUT2D eigenvalue weighted by Gasteiger charge is -2.39. The van der Waals surface area contributed by atoms with Gasteiger partial charge in [-0.15, -0.1) is 0 Å². The van der Waals surface area contributed by atoms with Crippen molar-refractivity contribution in [1.29, 1.82) is 0 Å². The molecular weight excluding hydrogens is 973 g/mol. The molecular formula is C59H80N12O6. The van der Waals surface area contributed by atoms with Crippen LogP contribution in [0.4, 0.5) is 0 Å². The molecule has 5 atom stereocenters. The Morgan fingerprint density at radius 3 is 2.05 bits per heavy atom. The first-order valence-corrected chi connectivity index (χ1v) is 27.3. The van der Waals surface area contributed by atoms with Crippen LogP contribution in [-0.4, -0.2) is 160 Å². The number of nitrogens with one attached hydrogen (secondary N) is 5. The van der Waals surface area contributed by atoms with Gasteiger partial charge in [-0.05, 0) is 116 Å². The number of carbonyl (C=O) groups is 6. The van der Waals surface area contributed by atoms with E-state index in [0.717, 1.165) is 39.6 Å². The number of hydrogen-bond acceptors (Lipinski definition) is 11. The number of aldehydes is 1. The molecule has 5 heterocycles. The summed E-state index contributed by atoms with van der Waals surface area (Å²) >= 11 is 0. The second kappa shape index (κ2) is 29.9. The molecule has 6 aromatic rings. The highest BCUT2D eigenvalue weighted by Crippen LogP contribution is 2.39. The first-order valence-electron chi connectivity index (χ1n) is 27.3. The van der Waals surface area contributed by atoms with Crippen LogP contribution >= 0.6 is 0 Å². The maximum absolute atomic E-state index is 14.5. The lowest BCUT2D eigenvalue weighted by molar-refractivity contribution is -0.144. The number of benzene rings is 4. The van der Waals surface area contributed by atoms with Crippen molar-refractivity contribution in [3.05, 3.63) is 109 Å². The summed E-state index contributed by atoms with van der Waals surface area (Å²) in [6, 6.07) is 29.8. The van der Waals surface area contributed by atoms with E-state index < -0.39 is 18.1 Å². The molecule has 0 bridgehead atoms. The smallest absolute Gasteiger partial charge is 0.247 e. The molecule has 77 heavy (non-hydrogen) atoms. The molecule has 3 aliphatic heterocycles. The topological polar surface area (TPSA) is 235 Å². The Bertz CT molecular complexity index is 2830. The molecule has 5 amide bonds. The highest BCUT2D eigenvalue weighted by molar-refractivity contribution is 5.94. The van der Waals surface area contributed by atoms with Crippen LogP contribution in [0.1, 0.15) is 96.8 Å². The average Bonchev–Trinajstić information content (AvgIpc) is 4.35. The second-order valence-electron chi connectivity index (χ2n) is 19.7. The van der Waals surface area contributed by atoms with E-state index in [1.54, 1.807) is 32.1 Å². The minimum atomic E-state index is -0.955. The predicted molar refractivity (Wildman–Crippen MR) is 303 cm³/mol. The van der Waals surface area contributed by atoms with Crippen molar-refractivity contribution in [2.75, 3.05) is 60.4 Å². The number of carbonyl (C=O) groups excluding carboxylic acids is 6. The van der Waals surface area contributed by atoms with E-state index in [0.29, 0.717) is 50.9 Å². The van der Waals surface area contributed by atoms with Gasteiger partial charge in [0.2, 0.25) is 29.5 Å². The largest absolute Gasteiger partial charge is 0.345 e. The van der Waals surface area contributed by atoms with Crippen LogP contribution in [0.25, 0.3) is 44.3 Å². The highest BCUT2D eigenvalue weighted by atomic mass is 16.2. The Balaban J connectivity index is 0.000000339. The first kappa shape index (κ1) is 59.0. The third-order valence-electron chi connectivity index (χ3n) is 14.5. The van der Waals surface area contributed by atoms with Gasteiger partial charge in [-0.1, -0.05) is 91.9 Å². The van der Waals surface area contributed by atoms with E-state index in [9.17, 15) is 28.8 Å². The van der Waals surface area contributed by atoms with Crippen LogP contribution in [-0.2, 0) is 28.8 Å². The van der Waals surface area contributed by atoms with Gasteiger partial charge in [0.15, 0.2) is 0 Å². The molecule has 18 heteroatoms. The maximum Gasteiger partial charge on any atom is 0.247 e. The highest BCUT2D eigenvalue weighted by Gasteiger charge is 2.44. The molecule has 0 radical (unpaired) electrons. The van der Waals surface area contributed by atoms with Crippen molar-refractivity contribution >= 4 is 57.9 Å². The lowest BCUT2D eigenvalue weighted by atomic mass is 10.0. The molecule has 9 rings (SSSR count). The Morgan fingerprint density at radius 1 is 0.818 bits per heavy atom. The number of H-pyrrole nitrogens is 2. The normalized spacial score (nSPS) is 18.0. The molecule has 0 saturated carbocycles. The number of unbranched alkanes of at least 4 members (excludes halogenated alkanes) is 1. The van der Waals surface area contributed by atoms with E-state index in [-0.39, 0.29) is 74.0 Å². The number of para-hydroxylation sites is 2. The Hall–Kier alpha value is -7.28. The number of likely N-dealkylation sites (tertiary alicyclic amines) is 1. The molecule has 4 unspecified atom stereocenters. The SMILES string of the molecule is CCC(=O)N[C@H](C=O)CN(CC)C(=O)CCCCC(=O)N1CCC2CCC(c3nc4c(-c5ccccc5)cccc4[nH]3)N2C(=O)C(NC(=O)C(C)NC)C1.CN.CN1CCCC1.c1ccc(-c2cccc3[nH]cnc23)cc1. The summed E-state index contributed by atoms with van der Waals surface area (Å²) in [5.41, 5.74) is 12.8. The number of likely N-dealkylation sites (N-methyl/N-ethyl adjacent to an activating group) is 2. The van der Waals surface area contributed by atoms with Crippen molar-refractivity contribution in [1.82, 2.24) is 55.5 Å². The molecule has 412 valence electrons. The summed E-state index contributed by atoms with van der Waals surface area (Å²) in [5, 5.41) is 8.48. The summed E-state index contributed by atoms with van der Waals surface area (Å²) < 4.78 is 0. The van der Waals surface area contributed by atoms with Crippen molar-refractivity contribution in [2.24, 2.45) is 5.73 Å². The molecule has 2 aromatic heterocycles. The van der Waals surface area contributed by atoms with E-state index in [1.807, 2.05) is 90.7 Å². The van der Waals surface area contributed by atoms with Crippen LogP contribution in [0.5, 0.6) is 0 Å². The molecule has 3 fully saturated rings. The van der Waals surface area contributed by atoms with Crippen molar-refractivity contribution < 1.29 is 28.8 Å². The molecule has 3 aliphatic rings. The number of amides is 5. The van der Waals surface area contributed by atoms with Gasteiger partial charge in [0.05, 0.1) is 40.5 Å². The van der Waals surface area contributed by atoms with Gasteiger partial charge in [0, 0.05) is 62.6 Å². The zero-order valence-corrected chi connectivity index (χ0v) is 45.8. The van der Waals surface area contributed by atoms with Gasteiger partial charge in [0.1, 0.15) is 24.2 Å². The molecule has 18 nitrogen and oxygen atoms in total. The molecule has 0 spiro atoms. The van der Waals surface area contributed by atoms with Gasteiger partial charge >= 0.3 is 0 Å². The summed E-state index contributed by atoms with van der Waals surface area (Å²) in [6.45, 7) is 8.79. The number of imidazole rings is 2. The summed E-state index contributed by atoms with van der Waals surface area (Å²) in [5.74, 6) is -0.428. The number of aromatic nitrogens is 4. The lowest BCUT2D eigenvalue weighted by Crippen LogP contribution is -2.60. The number of hydrogen-bond donors (Lipinski definition) is 6. The molecule has 0 aliphatic carbocycles. The van der Waals surface area contributed by atoms with E-state index in [4.69, 9.17) is 4.98 Å². The zero-order chi connectivity index (χ0) is 55.3. The number of fused-ring (bicyclic) bond motifs is 3. The number of nitrogens with two attached hydrogens (primary N) is 1. The Labute approximate surface area is 453 Å². The van der Waals surface area contributed by atoms with Crippen LogP contribution in [0.3, 0.4) is 0 Å². The van der Waals surface area contributed by atoms with Crippen molar-refractivity contribution in [3.8, 4) is 22.3 Å². The van der Waals surface area contributed by atoms with Crippen molar-refractivity contribution in [2.45, 2.75) is 115 Å². The summed E-state index contributed by atoms with van der Waals surface area (Å²) in [6.07, 6.45) is 8.75. The number of nitrogens with zero attached hydrogens (tertiary/aromatic N) is 6. The van der Waals surface area contributed by atoms with Gasteiger partial charge in [-0.25, -0.2) is 9.97 Å². The van der Waals surface area contributed by atoms with Crippen LogP contribution in [0.15, 0.2) is 103 Å².